The van der Waals surface area contributed by atoms with Gasteiger partial charge in [0.1, 0.15) is 19.8 Å². The molecule has 2 amide bonds. The van der Waals surface area contributed by atoms with Crippen LogP contribution in [0.5, 0.6) is 0 Å². The van der Waals surface area contributed by atoms with Crippen molar-refractivity contribution in [2.75, 3.05) is 52.8 Å². The van der Waals surface area contributed by atoms with Crippen LogP contribution in [0.3, 0.4) is 0 Å². The molecule has 0 radical (unpaired) electrons. The highest BCUT2D eigenvalue weighted by atomic mass is 31.2. The van der Waals surface area contributed by atoms with Gasteiger partial charge in [-0.2, -0.15) is 0 Å². The Morgan fingerprint density at radius 1 is 0.824 bits per heavy atom. The Morgan fingerprint density at radius 2 is 1.44 bits per heavy atom. The van der Waals surface area contributed by atoms with Crippen molar-refractivity contribution in [3.05, 3.63) is 0 Å². The molecule has 0 aromatic rings. The minimum atomic E-state index is -4.53. The molecule has 0 aliphatic carbocycles. The van der Waals surface area contributed by atoms with Gasteiger partial charge in [0.25, 0.3) is 0 Å². The van der Waals surface area contributed by atoms with Gasteiger partial charge >= 0.3 is 31.9 Å². The lowest BCUT2D eigenvalue weighted by atomic mass is 10.4. The van der Waals surface area contributed by atoms with Crippen molar-refractivity contribution in [2.45, 2.75) is 39.8 Å². The van der Waals surface area contributed by atoms with Crippen molar-refractivity contribution in [3.63, 3.8) is 0 Å². The fraction of sp³-hybridized carbons (Fsp3) is 0.778. The molecule has 15 nitrogen and oxygen atoms in total. The molecule has 0 saturated carbocycles. The van der Waals surface area contributed by atoms with Crippen molar-refractivity contribution in [1.82, 2.24) is 10.6 Å². The topological polar surface area (TPSA) is 194 Å². The van der Waals surface area contributed by atoms with Crippen LogP contribution >= 0.6 is 7.82 Å². The number of rotatable bonds is 17. The number of carbonyl (C=O) groups is 4. The van der Waals surface area contributed by atoms with E-state index < -0.39 is 51.3 Å². The monoisotopic (exact) mass is 516 g/mol. The van der Waals surface area contributed by atoms with Gasteiger partial charge in [-0.15, -0.1) is 0 Å². The van der Waals surface area contributed by atoms with Crippen molar-refractivity contribution >= 4 is 31.9 Å². The van der Waals surface area contributed by atoms with E-state index in [0.717, 1.165) is 13.8 Å². The second kappa shape index (κ2) is 18.0. The first-order valence-corrected chi connectivity index (χ1v) is 11.7. The number of esters is 2. The molecule has 0 bridgehead atoms. The summed E-state index contributed by atoms with van der Waals surface area (Å²) < 4.78 is 45.5. The third-order valence-electron chi connectivity index (χ3n) is 3.18. The van der Waals surface area contributed by atoms with E-state index in [-0.39, 0.29) is 45.6 Å². The van der Waals surface area contributed by atoms with Gasteiger partial charge in [0.2, 0.25) is 0 Å². The maximum Gasteiger partial charge on any atom is 0.472 e. The SMILES string of the molecule is CC(=O)OC[C@H](COP(=O)(O)OCCNC(=O)OCCOCCOC(=O)NC(C)C)OC(C)=O. The van der Waals surface area contributed by atoms with E-state index in [0.29, 0.717) is 0 Å². The summed E-state index contributed by atoms with van der Waals surface area (Å²) in [5.74, 6) is -1.34. The summed E-state index contributed by atoms with van der Waals surface area (Å²) in [7, 11) is -4.53. The molecular formula is C18H33N2O13P. The molecule has 0 aliphatic rings. The molecule has 0 heterocycles. The average Bonchev–Trinajstić information content (AvgIpc) is 2.71. The van der Waals surface area contributed by atoms with Crippen LogP contribution in [-0.2, 0) is 46.9 Å². The summed E-state index contributed by atoms with van der Waals surface area (Å²) in [5, 5.41) is 4.82. The number of phosphoric acid groups is 1. The van der Waals surface area contributed by atoms with Gasteiger partial charge in [-0.25, -0.2) is 14.2 Å². The molecule has 0 spiro atoms. The van der Waals surface area contributed by atoms with Gasteiger partial charge in [-0.3, -0.25) is 18.6 Å². The van der Waals surface area contributed by atoms with Crippen LogP contribution in [0.1, 0.15) is 27.7 Å². The van der Waals surface area contributed by atoms with E-state index in [1.54, 1.807) is 13.8 Å². The molecule has 3 N–H and O–H groups in total. The van der Waals surface area contributed by atoms with Crippen LogP contribution in [0.2, 0.25) is 0 Å². The van der Waals surface area contributed by atoms with Crippen molar-refractivity contribution in [1.29, 1.82) is 0 Å². The van der Waals surface area contributed by atoms with E-state index >= 15 is 0 Å². The van der Waals surface area contributed by atoms with Crippen LogP contribution in [0.25, 0.3) is 0 Å². The first-order valence-electron chi connectivity index (χ1n) is 10.3. The molecule has 2 atom stereocenters. The summed E-state index contributed by atoms with van der Waals surface area (Å²) in [6.45, 7) is 4.48. The highest BCUT2D eigenvalue weighted by molar-refractivity contribution is 7.47. The Bertz CT molecular complexity index is 689. The molecule has 0 rings (SSSR count). The molecule has 0 saturated heterocycles. The summed E-state index contributed by atoms with van der Waals surface area (Å²) >= 11 is 0. The van der Waals surface area contributed by atoms with E-state index in [4.69, 9.17) is 23.5 Å². The number of hydrogen-bond acceptors (Lipinski definition) is 12. The molecule has 1 unspecified atom stereocenters. The Hall–Kier alpha value is -2.45. The molecular weight excluding hydrogens is 483 g/mol. The third-order valence-corrected chi connectivity index (χ3v) is 4.17. The molecule has 0 aromatic carbocycles. The molecule has 0 aliphatic heterocycles. The van der Waals surface area contributed by atoms with Crippen molar-refractivity contribution in [2.24, 2.45) is 0 Å². The summed E-state index contributed by atoms with van der Waals surface area (Å²) in [5.41, 5.74) is 0. The van der Waals surface area contributed by atoms with Gasteiger partial charge in [-0.05, 0) is 13.8 Å². The fourth-order valence-electron chi connectivity index (χ4n) is 1.91. The molecule has 34 heavy (non-hydrogen) atoms. The zero-order valence-corrected chi connectivity index (χ0v) is 20.5. The van der Waals surface area contributed by atoms with Crippen molar-refractivity contribution in [3.8, 4) is 0 Å². The maximum atomic E-state index is 11.8. The number of phosphoric ester groups is 1. The number of nitrogens with one attached hydrogen (secondary N) is 2. The summed E-state index contributed by atoms with van der Waals surface area (Å²) in [4.78, 5) is 54.2. The van der Waals surface area contributed by atoms with Crippen LogP contribution in [0.15, 0.2) is 0 Å². The van der Waals surface area contributed by atoms with Gasteiger partial charge in [0.15, 0.2) is 6.10 Å². The first kappa shape index (κ1) is 31.6. The van der Waals surface area contributed by atoms with Gasteiger partial charge < -0.3 is 39.2 Å². The quantitative estimate of drug-likeness (QED) is 0.105. The van der Waals surface area contributed by atoms with Crippen LogP contribution < -0.4 is 10.6 Å². The zero-order chi connectivity index (χ0) is 26.0. The predicted molar refractivity (Wildman–Crippen MR) is 114 cm³/mol. The molecule has 16 heteroatoms. The second-order valence-corrected chi connectivity index (χ2v) is 8.20. The number of alkyl carbamates (subject to hydrolysis) is 2. The fourth-order valence-corrected chi connectivity index (χ4v) is 2.66. The van der Waals surface area contributed by atoms with E-state index in [2.05, 4.69) is 19.9 Å². The molecule has 0 aromatic heterocycles. The maximum absolute atomic E-state index is 11.8. The average molecular weight is 516 g/mol. The van der Waals surface area contributed by atoms with E-state index in [1.165, 1.54) is 0 Å². The summed E-state index contributed by atoms with van der Waals surface area (Å²) in [6, 6.07) is -0.0408. The second-order valence-electron chi connectivity index (χ2n) is 6.74. The standard InChI is InChI=1S/C18H33N2O13P/c1-13(2)20-18(24)29-10-8-27-7-9-28-17(23)19-5-6-31-34(25,26)32-12-16(33-15(4)22)11-30-14(3)21/h13,16H,5-12H2,1-4H3,(H,19,23)(H,20,24)(H,25,26)/t16-/m1/s1. The lowest BCUT2D eigenvalue weighted by molar-refractivity contribution is -0.158. The Morgan fingerprint density at radius 3 is 2.00 bits per heavy atom. The highest BCUT2D eigenvalue weighted by Gasteiger charge is 2.25. The van der Waals surface area contributed by atoms with E-state index in [1.807, 2.05) is 0 Å². The largest absolute Gasteiger partial charge is 0.472 e. The zero-order valence-electron chi connectivity index (χ0n) is 19.6. The third kappa shape index (κ3) is 20.2. The normalized spacial score (nSPS) is 13.4. The lowest BCUT2D eigenvalue weighted by Gasteiger charge is -2.18. The van der Waals surface area contributed by atoms with E-state index in [9.17, 15) is 28.6 Å². The van der Waals surface area contributed by atoms with Crippen molar-refractivity contribution < 1.29 is 61.4 Å². The van der Waals surface area contributed by atoms with Crippen LogP contribution in [0.4, 0.5) is 9.59 Å². The van der Waals surface area contributed by atoms with Crippen LogP contribution in [-0.4, -0.2) is 94.0 Å². The minimum absolute atomic E-state index is 0.0384. The number of ether oxygens (including phenoxy) is 5. The lowest BCUT2D eigenvalue weighted by Crippen LogP contribution is -2.31. The van der Waals surface area contributed by atoms with Gasteiger partial charge in [-0.1, -0.05) is 0 Å². The highest BCUT2D eigenvalue weighted by Crippen LogP contribution is 2.43. The summed E-state index contributed by atoms with van der Waals surface area (Å²) in [6.07, 6.45) is -2.48. The smallest absolute Gasteiger partial charge is 0.462 e. The molecule has 198 valence electrons. The Kier molecular flexibility index (Phi) is 16.7. The minimum Gasteiger partial charge on any atom is -0.462 e. The number of hydrogen-bond donors (Lipinski definition) is 3. The number of amides is 2. The number of carbonyl (C=O) groups excluding carboxylic acids is 4. The predicted octanol–water partition coefficient (Wildman–Crippen LogP) is 0.492. The van der Waals surface area contributed by atoms with Crippen LogP contribution in [0, 0.1) is 0 Å². The first-order chi connectivity index (χ1) is 15.9. The Balaban J connectivity index is 3.90. The molecule has 0 fully saturated rings. The van der Waals surface area contributed by atoms with Gasteiger partial charge in [0.05, 0.1) is 26.4 Å². The van der Waals surface area contributed by atoms with Gasteiger partial charge in [0, 0.05) is 26.4 Å². The Labute approximate surface area is 197 Å².